The first-order valence-corrected chi connectivity index (χ1v) is 5.37. The van der Waals surface area contributed by atoms with Gasteiger partial charge in [-0.3, -0.25) is 0 Å². The van der Waals surface area contributed by atoms with Crippen LogP contribution in [0, 0.1) is 0 Å². The predicted molar refractivity (Wildman–Crippen MR) is 59.5 cm³/mol. The van der Waals surface area contributed by atoms with Crippen molar-refractivity contribution in [1.82, 2.24) is 5.32 Å². The molecule has 3 heteroatoms. The maximum absolute atomic E-state index is 9.04. The Kier molecular flexibility index (Phi) is 6.33. The lowest BCUT2D eigenvalue weighted by Crippen LogP contribution is -2.42. The lowest BCUT2D eigenvalue weighted by molar-refractivity contribution is 0.00695. The van der Waals surface area contributed by atoms with Gasteiger partial charge in [-0.2, -0.15) is 0 Å². The van der Waals surface area contributed by atoms with Crippen LogP contribution in [0.25, 0.3) is 0 Å². The Morgan fingerprint density at radius 3 is 2.36 bits per heavy atom. The minimum Gasteiger partial charge on any atom is -0.395 e. The first-order chi connectivity index (χ1) is 6.45. The highest BCUT2D eigenvalue weighted by molar-refractivity contribution is 4.77. The molecule has 2 atom stereocenters. The molecule has 0 aromatic rings. The van der Waals surface area contributed by atoms with E-state index < -0.39 is 0 Å². The van der Waals surface area contributed by atoms with Gasteiger partial charge in [0.05, 0.1) is 12.2 Å². The van der Waals surface area contributed by atoms with Gasteiger partial charge in [-0.05, 0) is 33.6 Å². The van der Waals surface area contributed by atoms with Gasteiger partial charge in [0.15, 0.2) is 0 Å². The van der Waals surface area contributed by atoms with Gasteiger partial charge >= 0.3 is 0 Å². The molecule has 3 nitrogen and oxygen atoms in total. The second-order valence-corrected chi connectivity index (χ2v) is 4.52. The average Bonchev–Trinajstić information content (AvgIpc) is 2.13. The third kappa shape index (κ3) is 5.58. The zero-order valence-electron chi connectivity index (χ0n) is 10.1. The summed E-state index contributed by atoms with van der Waals surface area (Å²) in [6, 6.07) is 0.569. The molecule has 0 saturated carbocycles. The molecule has 0 aromatic carbocycles. The highest BCUT2D eigenvalue weighted by Crippen LogP contribution is 2.15. The molecule has 2 N–H and O–H groups in total. The fourth-order valence-electron chi connectivity index (χ4n) is 1.58. The molecule has 0 bridgehead atoms. The lowest BCUT2D eigenvalue weighted by Gasteiger charge is -2.29. The van der Waals surface area contributed by atoms with E-state index in [1.54, 1.807) is 7.11 Å². The zero-order chi connectivity index (χ0) is 11.2. The number of methoxy groups -OCH3 is 1. The molecule has 0 fully saturated rings. The van der Waals surface area contributed by atoms with Crippen molar-refractivity contribution in [3.05, 3.63) is 0 Å². The zero-order valence-corrected chi connectivity index (χ0v) is 10.1. The molecule has 0 aliphatic carbocycles. The number of ether oxygens (including phenoxy) is 1. The van der Waals surface area contributed by atoms with Crippen LogP contribution in [0.4, 0.5) is 0 Å². The molecular weight excluding hydrogens is 178 g/mol. The summed E-state index contributed by atoms with van der Waals surface area (Å²) in [5, 5.41) is 12.4. The molecule has 0 radical (unpaired) electrons. The highest BCUT2D eigenvalue weighted by atomic mass is 16.5. The number of hydrogen-bond donors (Lipinski definition) is 2. The predicted octanol–water partition coefficient (Wildman–Crippen LogP) is 1.55. The van der Waals surface area contributed by atoms with Gasteiger partial charge in [0.1, 0.15) is 0 Å². The van der Waals surface area contributed by atoms with Crippen molar-refractivity contribution in [2.75, 3.05) is 13.7 Å². The summed E-state index contributed by atoms with van der Waals surface area (Å²) >= 11 is 0. The van der Waals surface area contributed by atoms with Gasteiger partial charge in [0, 0.05) is 19.2 Å². The molecule has 0 heterocycles. The van der Waals surface area contributed by atoms with Crippen LogP contribution in [0.15, 0.2) is 0 Å². The van der Waals surface area contributed by atoms with Crippen molar-refractivity contribution >= 4 is 0 Å². The maximum Gasteiger partial charge on any atom is 0.0637 e. The molecule has 0 unspecified atom stereocenters. The first-order valence-electron chi connectivity index (χ1n) is 5.37. The molecule has 86 valence electrons. The summed E-state index contributed by atoms with van der Waals surface area (Å²) in [6.07, 6.45) is 1.90. The van der Waals surface area contributed by atoms with Gasteiger partial charge in [0.2, 0.25) is 0 Å². The Morgan fingerprint density at radius 1 is 1.43 bits per heavy atom. The van der Waals surface area contributed by atoms with Crippen LogP contribution in [0.5, 0.6) is 0 Å². The number of aliphatic hydroxyl groups excluding tert-OH is 1. The molecule has 0 saturated heterocycles. The van der Waals surface area contributed by atoms with Crippen LogP contribution in [0.2, 0.25) is 0 Å². The fraction of sp³-hybridized carbons (Fsp3) is 1.00. The van der Waals surface area contributed by atoms with Gasteiger partial charge in [-0.15, -0.1) is 0 Å². The highest BCUT2D eigenvalue weighted by Gasteiger charge is 2.21. The Hall–Kier alpha value is -0.120. The van der Waals surface area contributed by atoms with E-state index in [4.69, 9.17) is 9.84 Å². The number of hydrogen-bond acceptors (Lipinski definition) is 3. The molecule has 0 aliphatic rings. The van der Waals surface area contributed by atoms with Crippen LogP contribution < -0.4 is 5.32 Å². The summed E-state index contributed by atoms with van der Waals surface area (Å²) in [7, 11) is 1.73. The second-order valence-electron chi connectivity index (χ2n) is 4.52. The minimum absolute atomic E-state index is 0.0971. The van der Waals surface area contributed by atoms with Crippen molar-refractivity contribution in [3.8, 4) is 0 Å². The van der Waals surface area contributed by atoms with E-state index in [2.05, 4.69) is 33.0 Å². The van der Waals surface area contributed by atoms with E-state index in [1.165, 1.54) is 0 Å². The summed E-state index contributed by atoms with van der Waals surface area (Å²) < 4.78 is 5.35. The summed E-state index contributed by atoms with van der Waals surface area (Å²) in [5.41, 5.74) is -0.0971. The van der Waals surface area contributed by atoms with Crippen LogP contribution >= 0.6 is 0 Å². The van der Waals surface area contributed by atoms with Crippen molar-refractivity contribution in [3.63, 3.8) is 0 Å². The van der Waals surface area contributed by atoms with Crippen LogP contribution in [-0.4, -0.2) is 36.5 Å². The third-order valence-electron chi connectivity index (χ3n) is 2.58. The number of nitrogens with one attached hydrogen (secondary N) is 1. The van der Waals surface area contributed by atoms with Crippen molar-refractivity contribution in [2.24, 2.45) is 0 Å². The van der Waals surface area contributed by atoms with E-state index in [-0.39, 0.29) is 18.2 Å². The first kappa shape index (κ1) is 13.9. The smallest absolute Gasteiger partial charge is 0.0637 e. The van der Waals surface area contributed by atoms with Crippen LogP contribution in [0.1, 0.15) is 40.5 Å². The summed E-state index contributed by atoms with van der Waals surface area (Å²) in [5.74, 6) is 0. The van der Waals surface area contributed by atoms with Crippen molar-refractivity contribution < 1.29 is 9.84 Å². The third-order valence-corrected chi connectivity index (χ3v) is 2.58. The van der Waals surface area contributed by atoms with E-state index >= 15 is 0 Å². The number of aliphatic hydroxyl groups is 1. The van der Waals surface area contributed by atoms with Crippen LogP contribution in [0.3, 0.4) is 0 Å². The van der Waals surface area contributed by atoms with Crippen LogP contribution in [-0.2, 0) is 4.74 Å². The number of rotatable bonds is 7. The Morgan fingerprint density at radius 2 is 2.00 bits per heavy atom. The maximum atomic E-state index is 9.04. The lowest BCUT2D eigenvalue weighted by atomic mass is 9.99. The Balaban J connectivity index is 3.90. The molecule has 0 spiro atoms. The van der Waals surface area contributed by atoms with E-state index in [0.29, 0.717) is 6.04 Å². The van der Waals surface area contributed by atoms with Gasteiger partial charge in [0.25, 0.3) is 0 Å². The molecular formula is C11H25NO2. The second kappa shape index (κ2) is 6.38. The Labute approximate surface area is 87.8 Å². The Bertz CT molecular complexity index is 144. The SMILES string of the molecule is CC[C@H](CO)N[C@@H](C)CC(C)(C)OC. The topological polar surface area (TPSA) is 41.5 Å². The monoisotopic (exact) mass is 203 g/mol. The molecule has 0 rings (SSSR count). The van der Waals surface area contributed by atoms with Crippen molar-refractivity contribution in [2.45, 2.75) is 58.2 Å². The van der Waals surface area contributed by atoms with E-state index in [0.717, 1.165) is 12.8 Å². The van der Waals surface area contributed by atoms with Gasteiger partial charge in [-0.25, -0.2) is 0 Å². The molecule has 0 aliphatic heterocycles. The van der Waals surface area contributed by atoms with E-state index in [9.17, 15) is 0 Å². The van der Waals surface area contributed by atoms with E-state index in [1.807, 2.05) is 0 Å². The van der Waals surface area contributed by atoms with Crippen molar-refractivity contribution in [1.29, 1.82) is 0 Å². The summed E-state index contributed by atoms with van der Waals surface area (Å²) in [6.45, 7) is 8.55. The quantitative estimate of drug-likeness (QED) is 0.659. The molecule has 14 heavy (non-hydrogen) atoms. The summed E-state index contributed by atoms with van der Waals surface area (Å²) in [4.78, 5) is 0. The molecule has 0 aromatic heterocycles. The largest absolute Gasteiger partial charge is 0.395 e. The normalized spacial score (nSPS) is 16.7. The molecule has 0 amide bonds. The average molecular weight is 203 g/mol. The van der Waals surface area contributed by atoms with Gasteiger partial charge < -0.3 is 15.2 Å². The standard InChI is InChI=1S/C11H25NO2/c1-6-10(8-13)12-9(2)7-11(3,4)14-5/h9-10,12-13H,6-8H2,1-5H3/t9-,10+/m0/s1. The fourth-order valence-corrected chi connectivity index (χ4v) is 1.58. The minimum atomic E-state index is -0.0971. The van der Waals surface area contributed by atoms with Gasteiger partial charge in [-0.1, -0.05) is 6.92 Å².